The molecule has 2 rings (SSSR count). The molecule has 0 bridgehead atoms. The molecule has 0 atom stereocenters. The van der Waals surface area contributed by atoms with Gasteiger partial charge in [0.25, 0.3) is 5.56 Å². The molecule has 1 aromatic heterocycles. The quantitative estimate of drug-likeness (QED) is 0.856. The van der Waals surface area contributed by atoms with E-state index in [1.54, 1.807) is 13.0 Å². The van der Waals surface area contributed by atoms with Crippen molar-refractivity contribution in [3.8, 4) is 17.5 Å². The van der Waals surface area contributed by atoms with Gasteiger partial charge in [0.2, 0.25) is 0 Å². The van der Waals surface area contributed by atoms with Crippen LogP contribution in [-0.4, -0.2) is 27.5 Å². The predicted octanol–water partition coefficient (Wildman–Crippen LogP) is 1.29. The summed E-state index contributed by atoms with van der Waals surface area (Å²) in [5.41, 5.74) is -0.401. The number of ether oxygens (including phenoxy) is 1. The number of rotatable bonds is 3. The maximum Gasteiger partial charge on any atom is 0.359 e. The molecule has 0 amide bonds. The van der Waals surface area contributed by atoms with Crippen LogP contribution in [0.15, 0.2) is 29.1 Å². The van der Waals surface area contributed by atoms with Gasteiger partial charge < -0.3 is 9.84 Å². The van der Waals surface area contributed by atoms with Gasteiger partial charge in [-0.15, -0.1) is 0 Å². The first-order valence-electron chi connectivity index (χ1n) is 6.50. The SMILES string of the molecule is CCOC(=O)c1nn(-c2ccc(O)cc2)c(=O)c(C#N)c1C. The first-order chi connectivity index (χ1) is 10.5. The summed E-state index contributed by atoms with van der Waals surface area (Å²) in [6.45, 7) is 3.27. The molecule has 0 saturated heterocycles. The number of benzene rings is 1. The van der Waals surface area contributed by atoms with Gasteiger partial charge in [-0.3, -0.25) is 4.79 Å². The molecule has 22 heavy (non-hydrogen) atoms. The molecular formula is C15H13N3O4. The highest BCUT2D eigenvalue weighted by molar-refractivity contribution is 5.89. The molecule has 7 heteroatoms. The van der Waals surface area contributed by atoms with Gasteiger partial charge in [0.05, 0.1) is 12.3 Å². The Morgan fingerprint density at radius 2 is 2.05 bits per heavy atom. The maximum atomic E-state index is 12.3. The smallest absolute Gasteiger partial charge is 0.359 e. The van der Waals surface area contributed by atoms with Gasteiger partial charge in [0, 0.05) is 5.56 Å². The Morgan fingerprint density at radius 3 is 2.59 bits per heavy atom. The van der Waals surface area contributed by atoms with Crippen molar-refractivity contribution in [2.45, 2.75) is 13.8 Å². The van der Waals surface area contributed by atoms with E-state index in [1.807, 2.05) is 0 Å². The minimum absolute atomic E-state index is 0.0232. The minimum atomic E-state index is -0.705. The number of aromatic nitrogens is 2. The van der Waals surface area contributed by atoms with Crippen molar-refractivity contribution in [1.29, 1.82) is 5.26 Å². The number of carbonyl (C=O) groups excluding carboxylic acids is 1. The zero-order chi connectivity index (χ0) is 16.3. The van der Waals surface area contributed by atoms with Gasteiger partial charge in [0.15, 0.2) is 5.69 Å². The Morgan fingerprint density at radius 1 is 1.41 bits per heavy atom. The molecular weight excluding hydrogens is 286 g/mol. The summed E-state index contributed by atoms with van der Waals surface area (Å²) in [5, 5.41) is 22.5. The third-order valence-electron chi connectivity index (χ3n) is 3.01. The first kappa shape index (κ1) is 15.3. The van der Waals surface area contributed by atoms with Crippen molar-refractivity contribution in [2.75, 3.05) is 6.61 Å². The van der Waals surface area contributed by atoms with Crippen LogP contribution in [-0.2, 0) is 4.74 Å². The van der Waals surface area contributed by atoms with E-state index in [0.717, 1.165) is 4.68 Å². The van der Waals surface area contributed by atoms with E-state index in [9.17, 15) is 14.7 Å². The number of aromatic hydroxyl groups is 1. The van der Waals surface area contributed by atoms with Crippen LogP contribution in [0.3, 0.4) is 0 Å². The molecule has 0 fully saturated rings. The standard InChI is InChI=1S/C15H13N3O4/c1-3-22-15(21)13-9(2)12(8-16)14(20)18(17-13)10-4-6-11(19)7-5-10/h4-7,19H,3H2,1-2H3. The van der Waals surface area contributed by atoms with Crippen LogP contribution in [0.25, 0.3) is 5.69 Å². The molecule has 0 radical (unpaired) electrons. The van der Waals surface area contributed by atoms with E-state index < -0.39 is 11.5 Å². The first-order valence-corrected chi connectivity index (χ1v) is 6.50. The van der Waals surface area contributed by atoms with Gasteiger partial charge >= 0.3 is 5.97 Å². The number of hydrogen-bond acceptors (Lipinski definition) is 6. The molecule has 1 heterocycles. The molecule has 0 aliphatic rings. The Bertz CT molecular complexity index is 816. The lowest BCUT2D eigenvalue weighted by molar-refractivity contribution is 0.0516. The highest BCUT2D eigenvalue weighted by Crippen LogP contribution is 2.14. The highest BCUT2D eigenvalue weighted by Gasteiger charge is 2.20. The van der Waals surface area contributed by atoms with Crippen molar-refractivity contribution in [3.05, 3.63) is 51.4 Å². The summed E-state index contributed by atoms with van der Waals surface area (Å²) < 4.78 is 5.83. The monoisotopic (exact) mass is 299 g/mol. The van der Waals surface area contributed by atoms with E-state index in [4.69, 9.17) is 10.00 Å². The molecule has 2 aromatic rings. The third kappa shape index (κ3) is 2.67. The van der Waals surface area contributed by atoms with Crippen LogP contribution in [0.2, 0.25) is 0 Å². The fourth-order valence-corrected chi connectivity index (χ4v) is 1.90. The highest BCUT2D eigenvalue weighted by atomic mass is 16.5. The lowest BCUT2D eigenvalue weighted by Gasteiger charge is -2.10. The van der Waals surface area contributed by atoms with E-state index in [-0.39, 0.29) is 29.2 Å². The zero-order valence-electron chi connectivity index (χ0n) is 12.0. The fourth-order valence-electron chi connectivity index (χ4n) is 1.90. The second-order valence-electron chi connectivity index (χ2n) is 4.41. The summed E-state index contributed by atoms with van der Waals surface area (Å²) >= 11 is 0. The maximum absolute atomic E-state index is 12.3. The van der Waals surface area contributed by atoms with E-state index in [2.05, 4.69) is 5.10 Å². The van der Waals surface area contributed by atoms with Gasteiger partial charge in [-0.05, 0) is 38.1 Å². The van der Waals surface area contributed by atoms with Crippen LogP contribution < -0.4 is 5.56 Å². The molecule has 7 nitrogen and oxygen atoms in total. The second kappa shape index (κ2) is 6.10. The summed E-state index contributed by atoms with van der Waals surface area (Å²) in [7, 11) is 0. The average Bonchev–Trinajstić information content (AvgIpc) is 2.49. The number of phenols is 1. The van der Waals surface area contributed by atoms with Crippen molar-refractivity contribution < 1.29 is 14.6 Å². The van der Waals surface area contributed by atoms with Gasteiger partial charge in [-0.1, -0.05) is 0 Å². The number of carbonyl (C=O) groups is 1. The van der Waals surface area contributed by atoms with E-state index in [0.29, 0.717) is 5.69 Å². The number of hydrogen-bond donors (Lipinski definition) is 1. The van der Waals surface area contributed by atoms with Crippen LogP contribution in [0, 0.1) is 18.3 Å². The molecule has 1 N–H and O–H groups in total. The largest absolute Gasteiger partial charge is 0.508 e. The van der Waals surface area contributed by atoms with Crippen molar-refractivity contribution in [3.63, 3.8) is 0 Å². The molecule has 1 aromatic carbocycles. The average molecular weight is 299 g/mol. The summed E-state index contributed by atoms with van der Waals surface area (Å²) in [4.78, 5) is 24.2. The fraction of sp³-hybridized carbons (Fsp3) is 0.200. The second-order valence-corrected chi connectivity index (χ2v) is 4.41. The summed E-state index contributed by atoms with van der Waals surface area (Å²) in [6.07, 6.45) is 0. The Hall–Kier alpha value is -3.14. The zero-order valence-corrected chi connectivity index (χ0v) is 12.0. The normalized spacial score (nSPS) is 10.0. The van der Waals surface area contributed by atoms with Gasteiger partial charge in [-0.2, -0.15) is 15.0 Å². The van der Waals surface area contributed by atoms with Gasteiger partial charge in [-0.25, -0.2) is 4.79 Å². The number of nitrogens with zero attached hydrogens (tertiary/aromatic N) is 3. The lowest BCUT2D eigenvalue weighted by atomic mass is 10.1. The van der Waals surface area contributed by atoms with Crippen molar-refractivity contribution in [1.82, 2.24) is 9.78 Å². The molecule has 0 spiro atoms. The Labute approximate surface area is 126 Å². The molecule has 0 aliphatic heterocycles. The molecule has 0 saturated carbocycles. The number of phenolic OH excluding ortho intramolecular Hbond substituents is 1. The summed E-state index contributed by atoms with van der Waals surface area (Å²) in [6, 6.07) is 7.45. The van der Waals surface area contributed by atoms with E-state index >= 15 is 0 Å². The van der Waals surface area contributed by atoms with Crippen LogP contribution in [0.4, 0.5) is 0 Å². The Kier molecular flexibility index (Phi) is 4.23. The van der Waals surface area contributed by atoms with Crippen LogP contribution in [0.1, 0.15) is 28.5 Å². The topological polar surface area (TPSA) is 105 Å². The number of esters is 1. The van der Waals surface area contributed by atoms with Gasteiger partial charge in [0.1, 0.15) is 17.4 Å². The molecule has 0 unspecified atom stereocenters. The predicted molar refractivity (Wildman–Crippen MR) is 76.9 cm³/mol. The molecule has 0 aliphatic carbocycles. The van der Waals surface area contributed by atoms with Crippen molar-refractivity contribution in [2.24, 2.45) is 0 Å². The lowest BCUT2D eigenvalue weighted by Crippen LogP contribution is -2.28. The van der Waals surface area contributed by atoms with E-state index in [1.165, 1.54) is 31.2 Å². The van der Waals surface area contributed by atoms with Crippen LogP contribution in [0.5, 0.6) is 5.75 Å². The number of nitriles is 1. The third-order valence-corrected chi connectivity index (χ3v) is 3.01. The Balaban J connectivity index is 2.72. The minimum Gasteiger partial charge on any atom is -0.508 e. The van der Waals surface area contributed by atoms with Crippen LogP contribution >= 0.6 is 0 Å². The summed E-state index contributed by atoms with van der Waals surface area (Å²) in [5.74, 6) is -0.681. The molecule has 112 valence electrons. The van der Waals surface area contributed by atoms with Crippen molar-refractivity contribution >= 4 is 5.97 Å².